The van der Waals surface area contributed by atoms with Crippen molar-refractivity contribution < 1.29 is 13.5 Å². The van der Waals surface area contributed by atoms with Gasteiger partial charge in [0.15, 0.2) is 5.96 Å². The van der Waals surface area contributed by atoms with E-state index in [2.05, 4.69) is 20.4 Å². The monoisotopic (exact) mass is 383 g/mol. The molecule has 0 amide bonds. The molecule has 0 unspecified atom stereocenters. The molecule has 19 heavy (non-hydrogen) atoms. The Morgan fingerprint density at radius 3 is 2.63 bits per heavy atom. The van der Waals surface area contributed by atoms with Crippen LogP contribution in [0.3, 0.4) is 0 Å². The highest BCUT2D eigenvalue weighted by molar-refractivity contribution is 14.0. The van der Waals surface area contributed by atoms with E-state index in [-0.39, 0.29) is 29.7 Å². The summed E-state index contributed by atoms with van der Waals surface area (Å²) >= 11 is 0. The first-order chi connectivity index (χ1) is 8.74. The number of nitrogens with one attached hydrogen (secondary N) is 2. The molecule has 0 saturated heterocycles. The standard InChI is InChI=1S/C12H15F2N3O.HI/c13-11(14)18-10-4-2-9(3-5-10)8-17-12-15-6-1-7-16-12;/h2-5,11H,1,6-8H2,(H2,15,16,17);1H. The maximum absolute atomic E-state index is 12.0. The van der Waals surface area contributed by atoms with Crippen LogP contribution in [0.1, 0.15) is 12.0 Å². The summed E-state index contributed by atoms with van der Waals surface area (Å²) in [5.74, 6) is 0.955. The van der Waals surface area contributed by atoms with E-state index >= 15 is 0 Å². The zero-order valence-corrected chi connectivity index (χ0v) is 12.6. The van der Waals surface area contributed by atoms with Gasteiger partial charge in [0, 0.05) is 19.6 Å². The fourth-order valence-corrected chi connectivity index (χ4v) is 1.63. The van der Waals surface area contributed by atoms with Crippen LogP contribution in [0.15, 0.2) is 29.3 Å². The number of guanidine groups is 1. The zero-order chi connectivity index (χ0) is 12.8. The van der Waals surface area contributed by atoms with E-state index in [1.54, 1.807) is 12.1 Å². The van der Waals surface area contributed by atoms with Gasteiger partial charge in [-0.25, -0.2) is 0 Å². The summed E-state index contributed by atoms with van der Waals surface area (Å²) in [5.41, 5.74) is 0.978. The van der Waals surface area contributed by atoms with Crippen LogP contribution < -0.4 is 15.4 Å². The van der Waals surface area contributed by atoms with Gasteiger partial charge in [0.05, 0.1) is 0 Å². The molecule has 1 heterocycles. The van der Waals surface area contributed by atoms with Crippen LogP contribution >= 0.6 is 24.0 Å². The molecular weight excluding hydrogens is 367 g/mol. The van der Waals surface area contributed by atoms with Gasteiger partial charge >= 0.3 is 6.61 Å². The van der Waals surface area contributed by atoms with Crippen molar-refractivity contribution in [2.75, 3.05) is 13.1 Å². The molecule has 106 valence electrons. The Hall–Kier alpha value is -1.12. The second-order valence-corrected chi connectivity index (χ2v) is 3.89. The lowest BCUT2D eigenvalue weighted by molar-refractivity contribution is -0.0498. The van der Waals surface area contributed by atoms with Crippen LogP contribution in [0.25, 0.3) is 0 Å². The molecule has 0 aromatic heterocycles. The van der Waals surface area contributed by atoms with Crippen molar-refractivity contribution in [2.24, 2.45) is 4.99 Å². The van der Waals surface area contributed by atoms with Crippen LogP contribution in [0.5, 0.6) is 5.75 Å². The van der Waals surface area contributed by atoms with Crippen molar-refractivity contribution in [1.29, 1.82) is 0 Å². The van der Waals surface area contributed by atoms with Crippen LogP contribution in [0, 0.1) is 0 Å². The quantitative estimate of drug-likeness (QED) is 0.785. The van der Waals surface area contributed by atoms with E-state index in [9.17, 15) is 8.78 Å². The van der Waals surface area contributed by atoms with Crippen LogP contribution in [0.2, 0.25) is 0 Å². The molecule has 0 aliphatic carbocycles. The highest BCUT2D eigenvalue weighted by atomic mass is 127. The molecule has 0 bridgehead atoms. The fourth-order valence-electron chi connectivity index (χ4n) is 1.63. The van der Waals surface area contributed by atoms with Gasteiger partial charge in [-0.3, -0.25) is 4.99 Å². The summed E-state index contributed by atoms with van der Waals surface area (Å²) < 4.78 is 28.2. The SMILES string of the molecule is FC(F)Oc1ccc(CNC2=NCCCN2)cc1.I. The topological polar surface area (TPSA) is 45.6 Å². The minimum absolute atomic E-state index is 0. The normalized spacial score (nSPS) is 14.2. The van der Waals surface area contributed by atoms with E-state index in [0.717, 1.165) is 31.0 Å². The molecule has 0 fully saturated rings. The number of benzene rings is 1. The molecule has 4 nitrogen and oxygen atoms in total. The smallest absolute Gasteiger partial charge is 0.387 e. The number of alkyl halides is 2. The van der Waals surface area contributed by atoms with E-state index in [4.69, 9.17) is 0 Å². The van der Waals surface area contributed by atoms with Crippen molar-refractivity contribution in [3.8, 4) is 5.75 Å². The summed E-state index contributed by atoms with van der Waals surface area (Å²) in [4.78, 5) is 4.27. The molecule has 1 aliphatic rings. The second kappa shape index (κ2) is 8.13. The summed E-state index contributed by atoms with van der Waals surface area (Å²) in [7, 11) is 0. The molecule has 1 aromatic carbocycles. The van der Waals surface area contributed by atoms with Gasteiger partial charge in [-0.15, -0.1) is 24.0 Å². The van der Waals surface area contributed by atoms with Crippen LogP contribution in [0.4, 0.5) is 8.78 Å². The van der Waals surface area contributed by atoms with Gasteiger partial charge in [0.2, 0.25) is 0 Å². The van der Waals surface area contributed by atoms with Gasteiger partial charge < -0.3 is 15.4 Å². The molecule has 0 radical (unpaired) electrons. The summed E-state index contributed by atoms with van der Waals surface area (Å²) in [6, 6.07) is 6.54. The fraction of sp³-hybridized carbons (Fsp3) is 0.417. The summed E-state index contributed by atoms with van der Waals surface area (Å²) in [5, 5.41) is 6.29. The Bertz CT molecular complexity index is 412. The summed E-state index contributed by atoms with van der Waals surface area (Å²) in [6.45, 7) is -0.431. The Morgan fingerprint density at radius 2 is 2.05 bits per heavy atom. The molecule has 0 saturated carbocycles. The second-order valence-electron chi connectivity index (χ2n) is 3.89. The van der Waals surface area contributed by atoms with Crippen LogP contribution in [-0.2, 0) is 6.54 Å². The minimum atomic E-state index is -2.78. The number of nitrogens with zero attached hydrogens (tertiary/aromatic N) is 1. The lowest BCUT2D eigenvalue weighted by Crippen LogP contribution is -2.40. The van der Waals surface area contributed by atoms with Gasteiger partial charge in [-0.1, -0.05) is 12.1 Å². The van der Waals surface area contributed by atoms with Gasteiger partial charge in [-0.2, -0.15) is 8.78 Å². The largest absolute Gasteiger partial charge is 0.435 e. The molecule has 1 aromatic rings. The van der Waals surface area contributed by atoms with Crippen molar-refractivity contribution in [3.63, 3.8) is 0 Å². The molecule has 0 spiro atoms. The van der Waals surface area contributed by atoms with E-state index in [0.29, 0.717) is 6.54 Å². The average Bonchev–Trinajstić information content (AvgIpc) is 2.38. The Labute approximate surface area is 127 Å². The third-order valence-electron chi connectivity index (χ3n) is 2.51. The molecule has 0 atom stereocenters. The number of rotatable bonds is 4. The molecule has 2 N–H and O–H groups in total. The minimum Gasteiger partial charge on any atom is -0.435 e. The zero-order valence-electron chi connectivity index (χ0n) is 10.2. The van der Waals surface area contributed by atoms with E-state index in [1.807, 2.05) is 0 Å². The first kappa shape index (κ1) is 15.9. The predicted molar refractivity (Wildman–Crippen MR) is 80.3 cm³/mol. The van der Waals surface area contributed by atoms with Gasteiger partial charge in [-0.05, 0) is 24.1 Å². The summed E-state index contributed by atoms with van der Waals surface area (Å²) in [6.07, 6.45) is 1.05. The first-order valence-corrected chi connectivity index (χ1v) is 5.80. The van der Waals surface area contributed by atoms with Crippen LogP contribution in [-0.4, -0.2) is 25.7 Å². The van der Waals surface area contributed by atoms with Crippen molar-refractivity contribution in [1.82, 2.24) is 10.6 Å². The lowest BCUT2D eigenvalue weighted by Gasteiger charge is -2.16. The molecule has 2 rings (SSSR count). The van der Waals surface area contributed by atoms with Gasteiger partial charge in [0.25, 0.3) is 0 Å². The number of hydrogen-bond donors (Lipinski definition) is 2. The van der Waals surface area contributed by atoms with Crippen molar-refractivity contribution >= 4 is 29.9 Å². The third-order valence-corrected chi connectivity index (χ3v) is 2.51. The lowest BCUT2D eigenvalue weighted by atomic mass is 10.2. The third kappa shape index (κ3) is 5.58. The molecule has 1 aliphatic heterocycles. The Balaban J connectivity index is 0.00000180. The maximum atomic E-state index is 12.0. The predicted octanol–water partition coefficient (Wildman–Crippen LogP) is 2.34. The number of halogens is 3. The van der Waals surface area contributed by atoms with E-state index in [1.165, 1.54) is 12.1 Å². The highest BCUT2D eigenvalue weighted by Gasteiger charge is 2.05. The maximum Gasteiger partial charge on any atom is 0.387 e. The number of aliphatic imine (C=N–C) groups is 1. The average molecular weight is 383 g/mol. The van der Waals surface area contributed by atoms with Crippen molar-refractivity contribution in [3.05, 3.63) is 29.8 Å². The van der Waals surface area contributed by atoms with E-state index < -0.39 is 6.61 Å². The molecular formula is C12H16F2IN3O. The highest BCUT2D eigenvalue weighted by Crippen LogP contribution is 2.14. The Kier molecular flexibility index (Phi) is 6.82. The van der Waals surface area contributed by atoms with Gasteiger partial charge in [0.1, 0.15) is 5.75 Å². The number of hydrogen-bond acceptors (Lipinski definition) is 4. The first-order valence-electron chi connectivity index (χ1n) is 5.80. The van der Waals surface area contributed by atoms with Crippen molar-refractivity contribution in [2.45, 2.75) is 19.6 Å². The molecule has 7 heteroatoms. The number of ether oxygens (including phenoxy) is 1. The Morgan fingerprint density at radius 1 is 1.32 bits per heavy atom.